The van der Waals surface area contributed by atoms with Crippen LogP contribution >= 0.6 is 0 Å². The molecule has 1 aromatic heterocycles. The molecule has 1 atom stereocenters. The highest BCUT2D eigenvalue weighted by atomic mass is 16.6. The van der Waals surface area contributed by atoms with Crippen molar-refractivity contribution in [2.45, 2.75) is 99.8 Å². The zero-order valence-electron chi connectivity index (χ0n) is 21.5. The van der Waals surface area contributed by atoms with Crippen molar-refractivity contribution in [2.75, 3.05) is 19.8 Å². The van der Waals surface area contributed by atoms with E-state index in [4.69, 9.17) is 14.2 Å². The maximum absolute atomic E-state index is 13.0. The van der Waals surface area contributed by atoms with Crippen LogP contribution in [-0.2, 0) is 36.9 Å². The van der Waals surface area contributed by atoms with Crippen molar-refractivity contribution in [1.29, 1.82) is 0 Å². The summed E-state index contributed by atoms with van der Waals surface area (Å²) in [6, 6.07) is 0. The van der Waals surface area contributed by atoms with Gasteiger partial charge in [-0.05, 0) is 53.9 Å². The summed E-state index contributed by atoms with van der Waals surface area (Å²) in [4.78, 5) is 25.7. The second kappa shape index (κ2) is 12.4. The number of carbonyl (C=O) groups is 2. The van der Waals surface area contributed by atoms with Crippen molar-refractivity contribution in [2.24, 2.45) is 10.8 Å². The van der Waals surface area contributed by atoms with Gasteiger partial charge in [-0.25, -0.2) is 9.13 Å². The Kier molecular flexibility index (Phi) is 10.9. The monoisotopic (exact) mass is 453 g/mol. The first-order chi connectivity index (χ1) is 14.9. The van der Waals surface area contributed by atoms with E-state index in [1.54, 1.807) is 6.92 Å². The number of ether oxygens (including phenoxy) is 3. The number of nitrogens with zero attached hydrogens (tertiary/aromatic N) is 2. The van der Waals surface area contributed by atoms with Gasteiger partial charge < -0.3 is 14.2 Å². The van der Waals surface area contributed by atoms with Crippen molar-refractivity contribution in [3.8, 4) is 0 Å². The quantitative estimate of drug-likeness (QED) is 0.225. The lowest BCUT2D eigenvalue weighted by molar-refractivity contribution is -0.697. The molecule has 184 valence electrons. The van der Waals surface area contributed by atoms with Crippen LogP contribution in [0, 0.1) is 10.8 Å². The van der Waals surface area contributed by atoms with Gasteiger partial charge in [-0.2, -0.15) is 0 Å². The van der Waals surface area contributed by atoms with Crippen LogP contribution < -0.4 is 4.57 Å². The number of aromatic nitrogens is 2. The third-order valence-corrected chi connectivity index (χ3v) is 6.61. The number of rotatable bonds is 15. The summed E-state index contributed by atoms with van der Waals surface area (Å²) in [5.74, 6) is -0.684. The molecule has 0 aromatic carbocycles. The predicted octanol–water partition coefficient (Wildman–Crippen LogP) is 4.31. The molecular formula is C25H45N2O5+. The molecule has 0 bridgehead atoms. The van der Waals surface area contributed by atoms with E-state index >= 15 is 0 Å². The minimum absolute atomic E-state index is 0.0614. The largest absolute Gasteiger partial charge is 0.465 e. The first-order valence-corrected chi connectivity index (χ1v) is 12.0. The number of imidazole rings is 1. The van der Waals surface area contributed by atoms with Crippen LogP contribution in [0.4, 0.5) is 0 Å². The second-order valence-electron chi connectivity index (χ2n) is 9.78. The zero-order chi connectivity index (χ0) is 24.4. The third kappa shape index (κ3) is 8.23. The molecule has 0 N–H and O–H groups in total. The summed E-state index contributed by atoms with van der Waals surface area (Å²) in [6.45, 7) is 17.7. The fourth-order valence-electron chi connectivity index (χ4n) is 2.90. The SMILES string of the molecule is CCn1cc[n+](CCCOC(=O)C(C)(COC(=O)C(C)(CC)CC)COC(C)(C)CC)c1. The van der Waals surface area contributed by atoms with E-state index in [0.29, 0.717) is 25.9 Å². The van der Waals surface area contributed by atoms with Crippen LogP contribution in [0.1, 0.15) is 81.1 Å². The Balaban J connectivity index is 2.75. The van der Waals surface area contributed by atoms with Gasteiger partial charge in [0, 0.05) is 6.42 Å². The van der Waals surface area contributed by atoms with Crippen LogP contribution in [0.5, 0.6) is 0 Å². The Labute approximate surface area is 194 Å². The first kappa shape index (κ1) is 28.1. The van der Waals surface area contributed by atoms with Gasteiger partial charge in [0.2, 0.25) is 6.33 Å². The van der Waals surface area contributed by atoms with Gasteiger partial charge in [0.05, 0.1) is 37.3 Å². The molecule has 32 heavy (non-hydrogen) atoms. The maximum Gasteiger partial charge on any atom is 0.317 e. The lowest BCUT2D eigenvalue weighted by atomic mass is 9.84. The van der Waals surface area contributed by atoms with Gasteiger partial charge in [-0.15, -0.1) is 0 Å². The molecule has 0 aliphatic heterocycles. The Morgan fingerprint density at radius 1 is 0.875 bits per heavy atom. The highest BCUT2D eigenvalue weighted by Crippen LogP contribution is 2.30. The van der Waals surface area contributed by atoms with E-state index < -0.39 is 16.8 Å². The zero-order valence-corrected chi connectivity index (χ0v) is 21.5. The molecule has 1 heterocycles. The molecule has 0 aliphatic carbocycles. The minimum Gasteiger partial charge on any atom is -0.465 e. The molecule has 7 heteroatoms. The van der Waals surface area contributed by atoms with Crippen molar-refractivity contribution in [3.05, 3.63) is 18.7 Å². The summed E-state index contributed by atoms with van der Waals surface area (Å²) in [5, 5.41) is 0. The first-order valence-electron chi connectivity index (χ1n) is 12.0. The number of esters is 2. The van der Waals surface area contributed by atoms with Gasteiger partial charge in [0.25, 0.3) is 0 Å². The lowest BCUT2D eigenvalue weighted by Gasteiger charge is -2.33. The summed E-state index contributed by atoms with van der Waals surface area (Å²) >= 11 is 0. The van der Waals surface area contributed by atoms with Gasteiger partial charge in [-0.3, -0.25) is 9.59 Å². The molecule has 0 saturated heterocycles. The fraction of sp³-hybridized carbons (Fsp3) is 0.800. The Bertz CT molecular complexity index is 724. The summed E-state index contributed by atoms with van der Waals surface area (Å²) < 4.78 is 21.4. The molecule has 0 radical (unpaired) electrons. The predicted molar refractivity (Wildman–Crippen MR) is 124 cm³/mol. The van der Waals surface area contributed by atoms with Crippen LogP contribution in [0.2, 0.25) is 0 Å². The molecule has 0 aliphatic rings. The average molecular weight is 454 g/mol. The van der Waals surface area contributed by atoms with E-state index in [0.717, 1.165) is 19.5 Å². The summed E-state index contributed by atoms with van der Waals surface area (Å²) in [7, 11) is 0. The lowest BCUT2D eigenvalue weighted by Crippen LogP contribution is -2.44. The van der Waals surface area contributed by atoms with Gasteiger partial charge in [-0.1, -0.05) is 20.8 Å². The molecule has 0 amide bonds. The Morgan fingerprint density at radius 2 is 1.50 bits per heavy atom. The van der Waals surface area contributed by atoms with Crippen molar-refractivity contribution in [3.63, 3.8) is 0 Å². The maximum atomic E-state index is 13.0. The molecule has 7 nitrogen and oxygen atoms in total. The second-order valence-corrected chi connectivity index (χ2v) is 9.78. The van der Waals surface area contributed by atoms with E-state index in [1.165, 1.54) is 0 Å². The van der Waals surface area contributed by atoms with Crippen LogP contribution in [0.15, 0.2) is 18.7 Å². The molecule has 0 fully saturated rings. The standard InChI is InChI=1S/C25H45N2O5/c1-9-23(5,6)32-19-25(8,18-31-21(28)24(7,10-2)11-3)22(29)30-17-13-14-27-16-15-26(12-4)20-27/h15-16,20H,9-14,17-19H2,1-8H3/q+1. The van der Waals surface area contributed by atoms with E-state index in [-0.39, 0.29) is 24.8 Å². The number of aryl methyl sites for hydroxylation is 2. The molecule has 0 spiro atoms. The highest BCUT2D eigenvalue weighted by Gasteiger charge is 2.40. The number of hydrogen-bond acceptors (Lipinski definition) is 5. The highest BCUT2D eigenvalue weighted by molar-refractivity contribution is 5.79. The molecule has 1 unspecified atom stereocenters. The molecular weight excluding hydrogens is 408 g/mol. The van der Waals surface area contributed by atoms with E-state index in [2.05, 4.69) is 16.1 Å². The van der Waals surface area contributed by atoms with Crippen LogP contribution in [0.25, 0.3) is 0 Å². The topological polar surface area (TPSA) is 70.6 Å². The summed E-state index contributed by atoms with van der Waals surface area (Å²) in [5.41, 5.74) is -2.00. The molecule has 1 rings (SSSR count). The fourth-order valence-corrected chi connectivity index (χ4v) is 2.90. The Hall–Kier alpha value is -1.89. The third-order valence-electron chi connectivity index (χ3n) is 6.61. The van der Waals surface area contributed by atoms with Gasteiger partial charge in [0.1, 0.15) is 24.4 Å². The van der Waals surface area contributed by atoms with Crippen molar-refractivity contribution < 1.29 is 28.4 Å². The minimum atomic E-state index is -1.07. The number of carbonyl (C=O) groups excluding carboxylic acids is 2. The van der Waals surface area contributed by atoms with Crippen LogP contribution in [0.3, 0.4) is 0 Å². The summed E-state index contributed by atoms with van der Waals surface area (Å²) in [6.07, 6.45) is 8.92. The van der Waals surface area contributed by atoms with Crippen LogP contribution in [-0.4, -0.2) is 41.9 Å². The average Bonchev–Trinajstić information content (AvgIpc) is 3.26. The van der Waals surface area contributed by atoms with Gasteiger partial charge >= 0.3 is 11.9 Å². The molecule has 0 saturated carbocycles. The van der Waals surface area contributed by atoms with E-state index in [1.807, 2.05) is 60.3 Å². The van der Waals surface area contributed by atoms with Gasteiger partial charge in [0.15, 0.2) is 0 Å². The Morgan fingerprint density at radius 3 is 2.03 bits per heavy atom. The smallest absolute Gasteiger partial charge is 0.317 e. The van der Waals surface area contributed by atoms with Crippen molar-refractivity contribution in [1.82, 2.24) is 4.57 Å². The normalized spacial score (nSPS) is 14.1. The number of hydrogen-bond donors (Lipinski definition) is 0. The van der Waals surface area contributed by atoms with E-state index in [9.17, 15) is 9.59 Å². The molecule has 1 aromatic rings. The van der Waals surface area contributed by atoms with Crippen molar-refractivity contribution >= 4 is 11.9 Å².